The summed E-state index contributed by atoms with van der Waals surface area (Å²) in [6.07, 6.45) is 3.02. The molecule has 2 unspecified atom stereocenters. The van der Waals surface area contributed by atoms with Crippen LogP contribution in [-0.2, 0) is 15.0 Å². The van der Waals surface area contributed by atoms with Gasteiger partial charge in [-0.05, 0) is 37.0 Å². The van der Waals surface area contributed by atoms with Crippen molar-refractivity contribution < 1.29 is 9.59 Å². The first-order valence-electron chi connectivity index (χ1n) is 6.70. The topological polar surface area (TPSA) is 72.2 Å². The van der Waals surface area contributed by atoms with Crippen molar-refractivity contribution >= 4 is 17.8 Å². The van der Waals surface area contributed by atoms with Crippen LogP contribution in [0.3, 0.4) is 0 Å². The fourth-order valence-electron chi connectivity index (χ4n) is 2.84. The summed E-state index contributed by atoms with van der Waals surface area (Å²) >= 11 is 0. The van der Waals surface area contributed by atoms with Crippen molar-refractivity contribution in [1.29, 1.82) is 0 Å². The molecule has 3 N–H and O–H groups in total. The second-order valence-electron chi connectivity index (χ2n) is 5.25. The number of nitrogen functional groups attached to an aromatic ring is 1. The van der Waals surface area contributed by atoms with E-state index in [2.05, 4.69) is 24.4 Å². The summed E-state index contributed by atoms with van der Waals surface area (Å²) in [5, 5.41) is 3.21. The van der Waals surface area contributed by atoms with Crippen molar-refractivity contribution in [2.45, 2.75) is 37.6 Å². The fraction of sp³-hybridized carbons (Fsp3) is 0.467. The van der Waals surface area contributed by atoms with Crippen molar-refractivity contribution in [2.75, 3.05) is 12.3 Å². The number of carbonyl (C=O) groups excluding carboxylic acids is 2. The van der Waals surface area contributed by atoms with Gasteiger partial charge in [0.2, 0.25) is 5.78 Å². The lowest BCUT2D eigenvalue weighted by molar-refractivity contribution is -0.131. The molecule has 102 valence electrons. The normalized spacial score (nSPS) is 26.9. The molecule has 0 aliphatic carbocycles. The zero-order valence-corrected chi connectivity index (χ0v) is 11.2. The number of rotatable bonds is 4. The summed E-state index contributed by atoms with van der Waals surface area (Å²) in [6.45, 7) is 2.87. The van der Waals surface area contributed by atoms with Gasteiger partial charge in [0.05, 0.1) is 6.04 Å². The van der Waals surface area contributed by atoms with Gasteiger partial charge in [0.15, 0.2) is 6.29 Å². The van der Waals surface area contributed by atoms with E-state index in [0.29, 0.717) is 12.7 Å². The van der Waals surface area contributed by atoms with E-state index in [9.17, 15) is 9.59 Å². The number of carbonyl (C=O) groups is 2. The number of aldehydes is 1. The predicted octanol–water partition coefficient (Wildman–Crippen LogP) is 1.44. The number of nitrogens with one attached hydrogen (secondary N) is 1. The van der Waals surface area contributed by atoms with Crippen LogP contribution in [0, 0.1) is 0 Å². The molecule has 1 aromatic rings. The molecule has 2 rings (SSSR count). The minimum Gasteiger partial charge on any atom is -0.399 e. The molecule has 0 radical (unpaired) electrons. The first-order valence-corrected chi connectivity index (χ1v) is 6.70. The maximum absolute atomic E-state index is 11.4. The molecule has 0 bridgehead atoms. The summed E-state index contributed by atoms with van der Waals surface area (Å²) in [5.74, 6) is -0.345. The van der Waals surface area contributed by atoms with Gasteiger partial charge in [-0.3, -0.25) is 9.59 Å². The van der Waals surface area contributed by atoms with E-state index >= 15 is 0 Å². The number of piperidine rings is 1. The van der Waals surface area contributed by atoms with E-state index < -0.39 is 0 Å². The predicted molar refractivity (Wildman–Crippen MR) is 74.9 cm³/mol. The van der Waals surface area contributed by atoms with Crippen LogP contribution in [0.1, 0.15) is 31.7 Å². The second-order valence-corrected chi connectivity index (χ2v) is 5.25. The van der Waals surface area contributed by atoms with Crippen LogP contribution < -0.4 is 11.1 Å². The Kier molecular flexibility index (Phi) is 4.00. The Balaban J connectivity index is 2.16. The Morgan fingerprint density at radius 1 is 1.47 bits per heavy atom. The van der Waals surface area contributed by atoms with E-state index in [4.69, 9.17) is 5.73 Å². The monoisotopic (exact) mass is 260 g/mol. The molecule has 4 heteroatoms. The van der Waals surface area contributed by atoms with E-state index in [-0.39, 0.29) is 17.2 Å². The second kappa shape index (κ2) is 5.53. The fourth-order valence-corrected chi connectivity index (χ4v) is 2.84. The minimum atomic E-state index is -0.345. The molecule has 1 saturated heterocycles. The molecule has 0 amide bonds. The van der Waals surface area contributed by atoms with Crippen LogP contribution in [0.25, 0.3) is 0 Å². The van der Waals surface area contributed by atoms with Gasteiger partial charge >= 0.3 is 0 Å². The first-order chi connectivity index (χ1) is 9.11. The van der Waals surface area contributed by atoms with Gasteiger partial charge in [-0.15, -0.1) is 0 Å². The Morgan fingerprint density at radius 2 is 2.16 bits per heavy atom. The van der Waals surface area contributed by atoms with Crippen LogP contribution in [0.4, 0.5) is 5.69 Å². The Labute approximate surface area is 113 Å². The van der Waals surface area contributed by atoms with E-state index in [1.54, 1.807) is 0 Å². The summed E-state index contributed by atoms with van der Waals surface area (Å²) in [6, 6.07) is 7.63. The Hall–Kier alpha value is -1.68. The van der Waals surface area contributed by atoms with Gasteiger partial charge in [-0.25, -0.2) is 0 Å². The van der Waals surface area contributed by atoms with Crippen LogP contribution in [0.2, 0.25) is 0 Å². The van der Waals surface area contributed by atoms with Gasteiger partial charge in [0.25, 0.3) is 0 Å². The third-order valence-corrected chi connectivity index (χ3v) is 4.26. The standard InChI is InChI=1S/C15H20N2O2/c1-2-15(11-3-5-12(16)6-4-11)8-7-13(17-10-15)14(19)9-18/h3-6,9,13,17H,2,7-8,10,16H2,1H3. The third-order valence-electron chi connectivity index (χ3n) is 4.26. The number of anilines is 1. The first kappa shape index (κ1) is 13.7. The van der Waals surface area contributed by atoms with Crippen LogP contribution in [0.5, 0.6) is 0 Å². The molecule has 1 aliphatic heterocycles. The number of Topliss-reactive ketones (excluding diaryl/α,β-unsaturated/α-hetero) is 1. The lowest BCUT2D eigenvalue weighted by atomic mass is 9.71. The molecule has 4 nitrogen and oxygen atoms in total. The molecule has 2 atom stereocenters. The lowest BCUT2D eigenvalue weighted by Crippen LogP contribution is -2.51. The van der Waals surface area contributed by atoms with Crippen LogP contribution >= 0.6 is 0 Å². The summed E-state index contributed by atoms with van der Waals surface area (Å²) in [4.78, 5) is 21.9. The molecular weight excluding hydrogens is 240 g/mol. The van der Waals surface area contributed by atoms with Crippen molar-refractivity contribution in [3.8, 4) is 0 Å². The highest BCUT2D eigenvalue weighted by molar-refractivity contribution is 6.27. The molecule has 1 fully saturated rings. The molecular formula is C15H20N2O2. The third kappa shape index (κ3) is 2.68. The molecule has 0 aromatic heterocycles. The van der Waals surface area contributed by atoms with Gasteiger partial charge in [-0.1, -0.05) is 19.1 Å². The van der Waals surface area contributed by atoms with Crippen molar-refractivity contribution in [2.24, 2.45) is 0 Å². The van der Waals surface area contributed by atoms with E-state index in [1.807, 2.05) is 12.1 Å². The highest BCUT2D eigenvalue weighted by Crippen LogP contribution is 2.36. The van der Waals surface area contributed by atoms with Gasteiger partial charge in [0.1, 0.15) is 0 Å². The van der Waals surface area contributed by atoms with Gasteiger partial charge < -0.3 is 11.1 Å². The molecule has 0 spiro atoms. The van der Waals surface area contributed by atoms with E-state index in [0.717, 1.165) is 25.1 Å². The summed E-state index contributed by atoms with van der Waals surface area (Å²) in [7, 11) is 0. The van der Waals surface area contributed by atoms with Crippen molar-refractivity contribution in [3.63, 3.8) is 0 Å². The smallest absolute Gasteiger partial charge is 0.212 e. The van der Waals surface area contributed by atoms with Crippen LogP contribution in [0.15, 0.2) is 24.3 Å². The SMILES string of the molecule is CCC1(c2ccc(N)cc2)CCC(C(=O)C=O)NC1. The van der Waals surface area contributed by atoms with Gasteiger partial charge in [-0.2, -0.15) is 0 Å². The number of nitrogens with two attached hydrogens (primary N) is 1. The average Bonchev–Trinajstić information content (AvgIpc) is 2.47. The highest BCUT2D eigenvalue weighted by Gasteiger charge is 2.36. The Morgan fingerprint density at radius 3 is 2.63 bits per heavy atom. The van der Waals surface area contributed by atoms with Gasteiger partial charge in [0, 0.05) is 17.6 Å². The molecule has 0 saturated carbocycles. The Bertz CT molecular complexity index is 460. The number of ketones is 1. The zero-order valence-electron chi connectivity index (χ0n) is 11.2. The molecule has 1 aliphatic rings. The summed E-state index contributed by atoms with van der Waals surface area (Å²) < 4.78 is 0. The minimum absolute atomic E-state index is 0.0351. The molecule has 19 heavy (non-hydrogen) atoms. The van der Waals surface area contributed by atoms with Crippen molar-refractivity contribution in [3.05, 3.63) is 29.8 Å². The lowest BCUT2D eigenvalue weighted by Gasteiger charge is -2.40. The maximum atomic E-state index is 11.4. The zero-order chi connectivity index (χ0) is 13.9. The maximum Gasteiger partial charge on any atom is 0.212 e. The number of benzene rings is 1. The quantitative estimate of drug-likeness (QED) is 0.488. The number of hydrogen-bond donors (Lipinski definition) is 2. The number of hydrogen-bond acceptors (Lipinski definition) is 4. The molecule has 1 aromatic carbocycles. The van der Waals surface area contributed by atoms with Crippen LogP contribution in [-0.4, -0.2) is 24.7 Å². The largest absolute Gasteiger partial charge is 0.399 e. The average molecular weight is 260 g/mol. The summed E-state index contributed by atoms with van der Waals surface area (Å²) in [5.41, 5.74) is 7.76. The highest BCUT2D eigenvalue weighted by atomic mass is 16.2. The van der Waals surface area contributed by atoms with Crippen molar-refractivity contribution in [1.82, 2.24) is 5.32 Å². The molecule has 1 heterocycles. The van der Waals surface area contributed by atoms with E-state index in [1.165, 1.54) is 5.56 Å².